The summed E-state index contributed by atoms with van der Waals surface area (Å²) >= 11 is 20.9. The van der Waals surface area contributed by atoms with E-state index < -0.39 is 2.27 Å². The molecule has 0 radical (unpaired) electrons. The lowest BCUT2D eigenvalue weighted by molar-refractivity contribution is 0.0765. The third-order valence-corrected chi connectivity index (χ3v) is 4.44. The Morgan fingerprint density at radius 2 is 1.73 bits per heavy atom. The van der Waals surface area contributed by atoms with Crippen LogP contribution in [0.5, 0.6) is 0 Å². The Balaban J connectivity index is 2.86. The fraction of sp³-hybridized carbons (Fsp3) is 0.667. The van der Waals surface area contributed by atoms with Crippen LogP contribution < -0.4 is 5.53 Å². The number of hydrogen-bond acceptors (Lipinski definition) is 3. The Morgan fingerprint density at radius 1 is 1.20 bits per heavy atom. The summed E-state index contributed by atoms with van der Waals surface area (Å²) in [5.74, 6) is 0. The van der Waals surface area contributed by atoms with Crippen LogP contribution in [0.15, 0.2) is 11.8 Å². The van der Waals surface area contributed by atoms with Crippen LogP contribution in [0.4, 0.5) is 0 Å². The van der Waals surface area contributed by atoms with Gasteiger partial charge in [0, 0.05) is 25.4 Å². The van der Waals surface area contributed by atoms with Crippen molar-refractivity contribution in [3.63, 3.8) is 0 Å². The molecule has 0 aliphatic carbocycles. The van der Waals surface area contributed by atoms with Crippen molar-refractivity contribution in [1.29, 1.82) is 0 Å². The fourth-order valence-electron chi connectivity index (χ4n) is 1.01. The summed E-state index contributed by atoms with van der Waals surface area (Å²) in [6.45, 7) is 0.702. The molecule has 0 unspecified atom stereocenters. The van der Waals surface area contributed by atoms with Crippen LogP contribution in [0.2, 0.25) is 0 Å². The molecule has 1 N–H and O–H groups in total. The van der Waals surface area contributed by atoms with Crippen LogP contribution in [-0.2, 0) is 0 Å². The minimum atomic E-state index is -0.487. The first-order valence-electron chi connectivity index (χ1n) is 3.72. The topological polar surface area (TPSA) is 18.5 Å². The summed E-state index contributed by atoms with van der Waals surface area (Å²) in [4.78, 5) is 0. The second kappa shape index (κ2) is 5.54. The van der Waals surface area contributed by atoms with Gasteiger partial charge >= 0.3 is 0 Å². The Hall–Kier alpha value is 2.34. The predicted octanol–water partition coefficient (Wildman–Crippen LogP) is 4.17. The van der Waals surface area contributed by atoms with Crippen molar-refractivity contribution in [1.82, 2.24) is 15.6 Å². The zero-order valence-corrected chi connectivity index (χ0v) is 17.0. The van der Waals surface area contributed by atoms with Gasteiger partial charge < -0.3 is 5.01 Å². The fourth-order valence-corrected chi connectivity index (χ4v) is 2.31. The molecule has 0 saturated heterocycles. The third-order valence-electron chi connectivity index (χ3n) is 1.63. The van der Waals surface area contributed by atoms with E-state index in [9.17, 15) is 0 Å². The molecule has 0 amide bonds. The van der Waals surface area contributed by atoms with Crippen LogP contribution >= 0.6 is 95.6 Å². The Morgan fingerprint density at radius 3 is 2.13 bits per heavy atom. The summed E-state index contributed by atoms with van der Waals surface area (Å²) in [5, 5.41) is 3.79. The highest BCUT2D eigenvalue weighted by Crippen LogP contribution is 2.44. The Kier molecular flexibility index (Phi) is 5.69. The average Bonchev–Trinajstić information content (AvgIpc) is 1.99. The lowest BCUT2D eigenvalue weighted by Crippen LogP contribution is -2.55. The van der Waals surface area contributed by atoms with Gasteiger partial charge in [-0.1, -0.05) is 47.8 Å². The quantitative estimate of drug-likeness (QED) is 0.333. The minimum absolute atomic E-state index is 0.389. The first-order chi connectivity index (χ1) is 6.60. The molecule has 88 valence electrons. The molecule has 15 heavy (non-hydrogen) atoms. The van der Waals surface area contributed by atoms with E-state index >= 15 is 0 Å². The maximum atomic E-state index is 3.50. The van der Waals surface area contributed by atoms with Crippen molar-refractivity contribution in [2.45, 2.75) is 4.41 Å². The zero-order chi connectivity index (χ0) is 11.9. The van der Waals surface area contributed by atoms with Gasteiger partial charge in [0.2, 0.25) is 2.27 Å². The number of halogens is 6. The summed E-state index contributed by atoms with van der Waals surface area (Å²) in [6, 6.07) is 0. The molecule has 0 spiro atoms. The van der Waals surface area contributed by atoms with Crippen LogP contribution in [0.3, 0.4) is 0 Å². The third kappa shape index (κ3) is 4.84. The average molecular weight is 601 g/mol. The van der Waals surface area contributed by atoms with Crippen LogP contribution in [0.25, 0.3) is 0 Å². The first-order valence-corrected chi connectivity index (χ1v) is 8.48. The highest BCUT2D eigenvalue weighted by Gasteiger charge is 2.36. The highest BCUT2D eigenvalue weighted by molar-refractivity contribution is 9.40. The number of hydrazine groups is 2. The molecule has 0 aromatic rings. The largest absolute Gasteiger partial charge is 0.305 e. The number of hydrogen-bond donors (Lipinski definition) is 1. The summed E-state index contributed by atoms with van der Waals surface area (Å²) < 4.78 is -0.876. The van der Waals surface area contributed by atoms with E-state index in [1.807, 2.05) is 23.3 Å². The molecular formula is C6H7Br6N3. The van der Waals surface area contributed by atoms with Crippen LogP contribution in [0, 0.1) is 0 Å². The smallest absolute Gasteiger partial charge is 0.202 e. The van der Waals surface area contributed by atoms with Crippen molar-refractivity contribution in [2.75, 3.05) is 13.6 Å². The van der Waals surface area contributed by atoms with E-state index in [1.165, 1.54) is 0 Å². The lowest BCUT2D eigenvalue weighted by Gasteiger charge is -2.40. The van der Waals surface area contributed by atoms with E-state index in [1.54, 1.807) is 0 Å². The van der Waals surface area contributed by atoms with E-state index in [0.717, 1.165) is 5.57 Å². The molecule has 0 saturated carbocycles. The van der Waals surface area contributed by atoms with E-state index in [2.05, 4.69) is 101 Å². The van der Waals surface area contributed by atoms with Crippen molar-refractivity contribution in [3.05, 3.63) is 11.8 Å². The standard InChI is InChI=1S/C6H7Br6N3/c1-14-2-4(5(7,8)9)3-15(13-14)6(10,11)12/h2,13H,3H2,1H3. The van der Waals surface area contributed by atoms with Gasteiger partial charge in [0.05, 0.1) is 0 Å². The Labute approximate surface area is 139 Å². The SMILES string of the molecule is CN1C=C(C(Br)(Br)Br)CN(C(Br)(Br)Br)N1. The summed E-state index contributed by atoms with van der Waals surface area (Å²) in [7, 11) is 1.92. The molecule has 9 heteroatoms. The van der Waals surface area contributed by atoms with E-state index in [4.69, 9.17) is 0 Å². The summed E-state index contributed by atoms with van der Waals surface area (Å²) in [6.07, 6.45) is 1.99. The molecule has 3 nitrogen and oxygen atoms in total. The molecule has 1 aliphatic rings. The molecule has 0 atom stereocenters. The monoisotopic (exact) mass is 595 g/mol. The maximum Gasteiger partial charge on any atom is 0.202 e. The van der Waals surface area contributed by atoms with Gasteiger partial charge in [-0.3, -0.25) is 0 Å². The van der Waals surface area contributed by atoms with Gasteiger partial charge in [-0.05, 0) is 47.8 Å². The molecular weight excluding hydrogens is 594 g/mol. The first kappa shape index (κ1) is 15.4. The molecule has 0 bridgehead atoms. The van der Waals surface area contributed by atoms with Crippen molar-refractivity contribution >= 4 is 95.6 Å². The van der Waals surface area contributed by atoms with Crippen molar-refractivity contribution in [2.24, 2.45) is 0 Å². The van der Waals surface area contributed by atoms with Gasteiger partial charge in [-0.15, -0.1) is 0 Å². The van der Waals surface area contributed by atoms with Gasteiger partial charge in [0.25, 0.3) is 0 Å². The van der Waals surface area contributed by atoms with Crippen molar-refractivity contribution in [3.8, 4) is 0 Å². The molecule has 0 aromatic heterocycles. The second-order valence-electron chi connectivity index (χ2n) is 2.92. The lowest BCUT2D eigenvalue weighted by atomic mass is 10.3. The van der Waals surface area contributed by atoms with Crippen molar-refractivity contribution < 1.29 is 0 Å². The molecule has 0 aromatic carbocycles. The normalized spacial score (nSPS) is 20.5. The highest BCUT2D eigenvalue weighted by atomic mass is 80.0. The van der Waals surface area contributed by atoms with Gasteiger partial charge in [-0.2, -0.15) is 10.5 Å². The molecule has 0 fully saturated rings. The number of nitrogens with one attached hydrogen (secondary N) is 1. The van der Waals surface area contributed by atoms with Crippen LogP contribution in [-0.4, -0.2) is 28.0 Å². The molecule has 1 rings (SSSR count). The second-order valence-corrected chi connectivity index (χ2v) is 16.3. The number of rotatable bonds is 0. The van der Waals surface area contributed by atoms with Gasteiger partial charge in [0.15, 0.2) is 2.14 Å². The van der Waals surface area contributed by atoms with E-state index in [0.29, 0.717) is 6.54 Å². The van der Waals surface area contributed by atoms with Gasteiger partial charge in [-0.25, -0.2) is 0 Å². The maximum absolute atomic E-state index is 3.50. The zero-order valence-electron chi connectivity index (χ0n) is 7.45. The summed E-state index contributed by atoms with van der Waals surface area (Å²) in [5.41, 5.74) is 4.26. The predicted molar refractivity (Wildman–Crippen MR) is 84.7 cm³/mol. The number of nitrogens with zero attached hydrogens (tertiary/aromatic N) is 2. The Bertz CT molecular complexity index is 267. The van der Waals surface area contributed by atoms with Crippen LogP contribution in [0.1, 0.15) is 0 Å². The number of alkyl halides is 6. The molecule has 1 heterocycles. The van der Waals surface area contributed by atoms with E-state index in [-0.39, 0.29) is 2.14 Å². The minimum Gasteiger partial charge on any atom is -0.305 e. The van der Waals surface area contributed by atoms with Gasteiger partial charge in [0.1, 0.15) is 0 Å². The molecule has 1 aliphatic heterocycles.